The summed E-state index contributed by atoms with van der Waals surface area (Å²) in [7, 11) is 0. The van der Waals surface area contributed by atoms with Crippen molar-refractivity contribution in [3.63, 3.8) is 0 Å². The van der Waals surface area contributed by atoms with E-state index >= 15 is 0 Å². The van der Waals surface area contributed by atoms with Gasteiger partial charge in [-0.1, -0.05) is 17.7 Å². The summed E-state index contributed by atoms with van der Waals surface area (Å²) in [4.78, 5) is 41.7. The summed E-state index contributed by atoms with van der Waals surface area (Å²) in [5.74, 6) is -1.03. The molecule has 2 N–H and O–H groups in total. The lowest BCUT2D eigenvalue weighted by atomic mass is 10.0. The Morgan fingerprint density at radius 1 is 1.19 bits per heavy atom. The first kappa shape index (κ1) is 16.5. The molecule has 0 bridgehead atoms. The van der Waals surface area contributed by atoms with E-state index in [0.29, 0.717) is 23.2 Å². The van der Waals surface area contributed by atoms with Gasteiger partial charge in [0.1, 0.15) is 22.6 Å². The molecule has 2 aliphatic heterocycles. The molecule has 1 aromatic heterocycles. The minimum atomic E-state index is -0.659. The number of hydrogen-bond donors (Lipinski definition) is 2. The Labute approximate surface area is 153 Å². The summed E-state index contributed by atoms with van der Waals surface area (Å²) in [6, 6.07) is 7.39. The van der Waals surface area contributed by atoms with Crippen LogP contribution in [0.2, 0.25) is 5.15 Å². The molecule has 1 fully saturated rings. The number of nitrogens with zero attached hydrogens (tertiary/aromatic N) is 2. The molecule has 2 aliphatic rings. The first-order chi connectivity index (χ1) is 12.4. The van der Waals surface area contributed by atoms with Gasteiger partial charge in [0.25, 0.3) is 5.91 Å². The van der Waals surface area contributed by atoms with Crippen molar-refractivity contribution in [1.82, 2.24) is 15.2 Å². The van der Waals surface area contributed by atoms with Crippen LogP contribution < -0.4 is 5.32 Å². The van der Waals surface area contributed by atoms with Crippen molar-refractivity contribution in [3.05, 3.63) is 46.6 Å². The van der Waals surface area contributed by atoms with Crippen LogP contribution in [0.25, 0.3) is 11.3 Å². The van der Waals surface area contributed by atoms with Crippen molar-refractivity contribution in [2.45, 2.75) is 25.4 Å². The number of benzene rings is 1. The number of fused-ring (bicyclic) bond motifs is 1. The molecule has 0 saturated carbocycles. The zero-order chi connectivity index (χ0) is 18.4. The van der Waals surface area contributed by atoms with E-state index in [2.05, 4.69) is 10.3 Å². The first-order valence-electron chi connectivity index (χ1n) is 8.07. The normalized spacial score (nSPS) is 19.5. The van der Waals surface area contributed by atoms with E-state index in [1.165, 1.54) is 17.0 Å². The SMILES string of the molecule is O=C1CCC(N2Cc3cc(-c4nc(Cl)ccc4O)ccc3C2=O)C(=O)N1. The van der Waals surface area contributed by atoms with Crippen LogP contribution in [0.5, 0.6) is 5.75 Å². The molecule has 2 aromatic rings. The largest absolute Gasteiger partial charge is 0.506 e. The van der Waals surface area contributed by atoms with Crippen LogP contribution in [0.4, 0.5) is 0 Å². The van der Waals surface area contributed by atoms with E-state index in [0.717, 1.165) is 5.56 Å². The number of hydrogen-bond acceptors (Lipinski definition) is 5. The minimum absolute atomic E-state index is 0.0132. The van der Waals surface area contributed by atoms with Crippen LogP contribution in [-0.4, -0.2) is 38.8 Å². The van der Waals surface area contributed by atoms with Gasteiger partial charge in [0.15, 0.2) is 0 Å². The van der Waals surface area contributed by atoms with Gasteiger partial charge in [0.05, 0.1) is 0 Å². The van der Waals surface area contributed by atoms with Crippen molar-refractivity contribution < 1.29 is 19.5 Å². The fourth-order valence-electron chi connectivity index (χ4n) is 3.36. The Balaban J connectivity index is 1.66. The average Bonchev–Trinajstić information content (AvgIpc) is 2.93. The van der Waals surface area contributed by atoms with Gasteiger partial charge in [-0.3, -0.25) is 19.7 Å². The molecule has 26 heavy (non-hydrogen) atoms. The highest BCUT2D eigenvalue weighted by molar-refractivity contribution is 6.29. The maximum Gasteiger partial charge on any atom is 0.255 e. The number of halogens is 1. The molecular formula is C18H14ClN3O4. The molecule has 8 heteroatoms. The molecule has 1 aromatic carbocycles. The number of aromatic nitrogens is 1. The molecule has 3 heterocycles. The van der Waals surface area contributed by atoms with E-state index in [4.69, 9.17) is 11.6 Å². The standard InChI is InChI=1S/C18H14ClN3O4/c19-14-5-4-13(23)16(20-14)9-1-2-11-10(7-9)8-22(18(11)26)12-3-6-15(24)21-17(12)25/h1-2,4-5,7,12,23H,3,6,8H2,(H,21,24,25). The Morgan fingerprint density at radius 3 is 2.77 bits per heavy atom. The average molecular weight is 372 g/mol. The molecule has 0 radical (unpaired) electrons. The number of aromatic hydroxyl groups is 1. The van der Waals surface area contributed by atoms with Crippen LogP contribution in [0, 0.1) is 0 Å². The Morgan fingerprint density at radius 2 is 2.00 bits per heavy atom. The highest BCUT2D eigenvalue weighted by Gasteiger charge is 2.39. The third-order valence-corrected chi connectivity index (χ3v) is 4.85. The lowest BCUT2D eigenvalue weighted by Gasteiger charge is -2.29. The monoisotopic (exact) mass is 371 g/mol. The van der Waals surface area contributed by atoms with E-state index in [1.807, 2.05) is 0 Å². The van der Waals surface area contributed by atoms with Crippen LogP contribution in [0.1, 0.15) is 28.8 Å². The second-order valence-electron chi connectivity index (χ2n) is 6.27. The third kappa shape index (κ3) is 2.70. The number of piperidine rings is 1. The molecule has 1 saturated heterocycles. The predicted octanol–water partition coefficient (Wildman–Crippen LogP) is 1.87. The van der Waals surface area contributed by atoms with E-state index in [1.54, 1.807) is 18.2 Å². The van der Waals surface area contributed by atoms with E-state index in [-0.39, 0.29) is 35.7 Å². The van der Waals surface area contributed by atoms with Gasteiger partial charge >= 0.3 is 0 Å². The Kier molecular flexibility index (Phi) is 3.88. The lowest BCUT2D eigenvalue weighted by Crippen LogP contribution is -2.52. The second kappa shape index (κ2) is 6.10. The first-order valence-corrected chi connectivity index (χ1v) is 8.45. The van der Waals surface area contributed by atoms with Crippen molar-refractivity contribution in [2.75, 3.05) is 0 Å². The van der Waals surface area contributed by atoms with Gasteiger partial charge in [0, 0.05) is 24.1 Å². The highest BCUT2D eigenvalue weighted by atomic mass is 35.5. The van der Waals surface area contributed by atoms with E-state index < -0.39 is 11.9 Å². The molecule has 132 valence electrons. The van der Waals surface area contributed by atoms with Crippen LogP contribution >= 0.6 is 11.6 Å². The third-order valence-electron chi connectivity index (χ3n) is 4.64. The predicted molar refractivity (Wildman–Crippen MR) is 92.4 cm³/mol. The molecule has 1 atom stereocenters. The molecule has 3 amide bonds. The van der Waals surface area contributed by atoms with Gasteiger partial charge in [-0.15, -0.1) is 0 Å². The summed E-state index contributed by atoms with van der Waals surface area (Å²) >= 11 is 5.90. The Bertz CT molecular complexity index is 959. The van der Waals surface area contributed by atoms with Crippen LogP contribution in [0.3, 0.4) is 0 Å². The molecule has 1 unspecified atom stereocenters. The number of carbonyl (C=O) groups excluding carboxylic acids is 3. The zero-order valence-corrected chi connectivity index (χ0v) is 14.3. The molecular weight excluding hydrogens is 358 g/mol. The molecule has 7 nitrogen and oxygen atoms in total. The maximum absolute atomic E-state index is 12.7. The molecule has 0 aliphatic carbocycles. The zero-order valence-electron chi connectivity index (χ0n) is 13.5. The molecule has 4 rings (SSSR count). The summed E-state index contributed by atoms with van der Waals surface area (Å²) in [5.41, 5.74) is 2.19. The lowest BCUT2D eigenvalue weighted by molar-refractivity contribution is -0.136. The summed E-state index contributed by atoms with van der Waals surface area (Å²) in [5, 5.41) is 12.5. The van der Waals surface area contributed by atoms with Gasteiger partial charge in [-0.25, -0.2) is 4.98 Å². The number of rotatable bonds is 2. The number of pyridine rings is 1. The van der Waals surface area contributed by atoms with Gasteiger partial charge in [-0.2, -0.15) is 0 Å². The highest BCUT2D eigenvalue weighted by Crippen LogP contribution is 2.34. The van der Waals surface area contributed by atoms with Crippen molar-refractivity contribution >= 4 is 29.3 Å². The molecule has 0 spiro atoms. The van der Waals surface area contributed by atoms with Crippen molar-refractivity contribution in [1.29, 1.82) is 0 Å². The van der Waals surface area contributed by atoms with Gasteiger partial charge < -0.3 is 10.0 Å². The smallest absolute Gasteiger partial charge is 0.255 e. The second-order valence-corrected chi connectivity index (χ2v) is 6.66. The fraction of sp³-hybridized carbons (Fsp3) is 0.222. The van der Waals surface area contributed by atoms with Crippen LogP contribution in [0.15, 0.2) is 30.3 Å². The number of nitrogens with one attached hydrogen (secondary N) is 1. The van der Waals surface area contributed by atoms with E-state index in [9.17, 15) is 19.5 Å². The Hall–Kier alpha value is -2.93. The number of imide groups is 1. The number of carbonyl (C=O) groups is 3. The minimum Gasteiger partial charge on any atom is -0.506 e. The van der Waals surface area contributed by atoms with Gasteiger partial charge in [-0.05, 0) is 36.2 Å². The van der Waals surface area contributed by atoms with Gasteiger partial charge in [0.2, 0.25) is 11.8 Å². The summed E-state index contributed by atoms with van der Waals surface area (Å²) < 4.78 is 0. The van der Waals surface area contributed by atoms with Crippen molar-refractivity contribution in [2.24, 2.45) is 0 Å². The number of amides is 3. The summed E-state index contributed by atoms with van der Waals surface area (Å²) in [6.45, 7) is 0.260. The topological polar surface area (TPSA) is 99.6 Å². The van der Waals surface area contributed by atoms with Crippen molar-refractivity contribution in [3.8, 4) is 17.0 Å². The fourth-order valence-corrected chi connectivity index (χ4v) is 3.51. The van der Waals surface area contributed by atoms with Crippen LogP contribution in [-0.2, 0) is 16.1 Å². The maximum atomic E-state index is 12.7. The quantitative estimate of drug-likeness (QED) is 0.620. The summed E-state index contributed by atoms with van der Waals surface area (Å²) in [6.07, 6.45) is 0.524.